The topological polar surface area (TPSA) is 43.7 Å². The molecule has 0 saturated heterocycles. The van der Waals surface area contributed by atoms with Gasteiger partial charge in [-0.25, -0.2) is 0 Å². The first-order valence-corrected chi connectivity index (χ1v) is 8.22. The lowest BCUT2D eigenvalue weighted by atomic mass is 10.0. The summed E-state index contributed by atoms with van der Waals surface area (Å²) in [7, 11) is 0. The van der Waals surface area contributed by atoms with Gasteiger partial charge >= 0.3 is 0 Å². The van der Waals surface area contributed by atoms with Crippen LogP contribution in [0.4, 0.5) is 0 Å². The van der Waals surface area contributed by atoms with Crippen molar-refractivity contribution in [2.75, 3.05) is 19.7 Å². The minimum Gasteiger partial charge on any atom is -0.395 e. The van der Waals surface area contributed by atoms with E-state index in [1.807, 2.05) is 24.3 Å². The van der Waals surface area contributed by atoms with E-state index in [0.29, 0.717) is 13.0 Å². The van der Waals surface area contributed by atoms with E-state index in [4.69, 9.17) is 0 Å². The van der Waals surface area contributed by atoms with Crippen LogP contribution in [0.5, 0.6) is 0 Å². The van der Waals surface area contributed by atoms with Crippen LogP contribution in [-0.4, -0.2) is 34.8 Å². The first kappa shape index (κ1) is 17.7. The minimum atomic E-state index is -0.466. The van der Waals surface area contributed by atoms with Crippen LogP contribution in [0, 0.1) is 13.8 Å². The molecule has 23 heavy (non-hydrogen) atoms. The van der Waals surface area contributed by atoms with Crippen LogP contribution >= 0.6 is 0 Å². The van der Waals surface area contributed by atoms with Crippen molar-refractivity contribution >= 4 is 0 Å². The van der Waals surface area contributed by atoms with Gasteiger partial charge in [-0.2, -0.15) is 0 Å². The van der Waals surface area contributed by atoms with Crippen LogP contribution in [-0.2, 0) is 6.54 Å². The van der Waals surface area contributed by atoms with E-state index >= 15 is 0 Å². The zero-order valence-corrected chi connectivity index (χ0v) is 14.1. The second kappa shape index (κ2) is 8.82. The van der Waals surface area contributed by atoms with Crippen LogP contribution in [0.3, 0.4) is 0 Å². The number of aryl methyl sites for hydroxylation is 2. The largest absolute Gasteiger partial charge is 0.395 e. The highest BCUT2D eigenvalue weighted by Gasteiger charge is 2.12. The maximum atomic E-state index is 10.4. The smallest absolute Gasteiger partial charge is 0.0802 e. The molecule has 0 bridgehead atoms. The Kier molecular flexibility index (Phi) is 6.78. The Labute approximate surface area is 139 Å². The number of aliphatic hydroxyl groups is 2. The number of hydrogen-bond acceptors (Lipinski definition) is 3. The van der Waals surface area contributed by atoms with Crippen molar-refractivity contribution in [2.24, 2.45) is 0 Å². The summed E-state index contributed by atoms with van der Waals surface area (Å²) in [6.45, 7) is 6.44. The van der Waals surface area contributed by atoms with Crippen molar-refractivity contribution in [3.05, 3.63) is 70.8 Å². The molecule has 0 aliphatic rings. The predicted molar refractivity (Wildman–Crippen MR) is 94.3 cm³/mol. The Bertz CT molecular complexity index is 598. The highest BCUT2D eigenvalue weighted by molar-refractivity contribution is 5.31. The van der Waals surface area contributed by atoms with Crippen LogP contribution in [0.1, 0.15) is 34.8 Å². The molecule has 0 radical (unpaired) electrons. The Balaban J connectivity index is 1.93. The van der Waals surface area contributed by atoms with Gasteiger partial charge in [0.25, 0.3) is 0 Å². The summed E-state index contributed by atoms with van der Waals surface area (Å²) < 4.78 is 0. The van der Waals surface area contributed by atoms with Crippen molar-refractivity contribution in [3.63, 3.8) is 0 Å². The van der Waals surface area contributed by atoms with Crippen molar-refractivity contribution in [3.8, 4) is 0 Å². The molecule has 0 aromatic heterocycles. The monoisotopic (exact) mass is 313 g/mol. The fourth-order valence-electron chi connectivity index (χ4n) is 2.70. The summed E-state index contributed by atoms with van der Waals surface area (Å²) in [5.74, 6) is 0. The zero-order valence-electron chi connectivity index (χ0n) is 14.1. The number of nitrogens with zero attached hydrogens (tertiary/aromatic N) is 1. The number of hydrogen-bond donors (Lipinski definition) is 2. The molecular weight excluding hydrogens is 286 g/mol. The van der Waals surface area contributed by atoms with Crippen molar-refractivity contribution < 1.29 is 10.2 Å². The highest BCUT2D eigenvalue weighted by atomic mass is 16.3. The summed E-state index contributed by atoms with van der Waals surface area (Å²) in [6.07, 6.45) is 0.196. The molecule has 3 heteroatoms. The van der Waals surface area contributed by atoms with Crippen LogP contribution in [0.2, 0.25) is 0 Å². The van der Waals surface area contributed by atoms with E-state index in [1.165, 1.54) is 16.7 Å². The molecule has 0 amide bonds. The average molecular weight is 313 g/mol. The molecular formula is C20H27NO2. The number of rotatable bonds is 8. The second-order valence-electron chi connectivity index (χ2n) is 6.13. The maximum absolute atomic E-state index is 10.4. The van der Waals surface area contributed by atoms with Crippen molar-refractivity contribution in [2.45, 2.75) is 32.9 Å². The van der Waals surface area contributed by atoms with Gasteiger partial charge < -0.3 is 10.2 Å². The van der Waals surface area contributed by atoms with E-state index in [2.05, 4.69) is 43.0 Å². The molecule has 0 saturated carbocycles. The third-order valence-electron chi connectivity index (χ3n) is 4.30. The van der Waals surface area contributed by atoms with Gasteiger partial charge in [-0.05, 0) is 42.5 Å². The molecule has 124 valence electrons. The molecule has 2 rings (SSSR count). The van der Waals surface area contributed by atoms with E-state index in [1.54, 1.807) is 0 Å². The molecule has 3 nitrogen and oxygen atoms in total. The van der Waals surface area contributed by atoms with Crippen molar-refractivity contribution in [1.29, 1.82) is 0 Å². The quantitative estimate of drug-likeness (QED) is 0.786. The lowest BCUT2D eigenvalue weighted by molar-refractivity contribution is 0.128. The normalized spacial score (nSPS) is 12.6. The van der Waals surface area contributed by atoms with Crippen molar-refractivity contribution in [1.82, 2.24) is 4.90 Å². The molecule has 2 aromatic rings. The van der Waals surface area contributed by atoms with Gasteiger partial charge in [0.1, 0.15) is 0 Å². The van der Waals surface area contributed by atoms with Crippen LogP contribution in [0.15, 0.2) is 48.5 Å². The number of benzene rings is 2. The molecule has 1 atom stereocenters. The summed E-state index contributed by atoms with van der Waals surface area (Å²) in [5, 5.41) is 19.7. The van der Waals surface area contributed by atoms with E-state index in [0.717, 1.165) is 18.7 Å². The van der Waals surface area contributed by atoms with Gasteiger partial charge in [0, 0.05) is 19.6 Å². The molecule has 2 aromatic carbocycles. The Morgan fingerprint density at radius 1 is 0.957 bits per heavy atom. The van der Waals surface area contributed by atoms with Gasteiger partial charge in [-0.1, -0.05) is 48.5 Å². The lowest BCUT2D eigenvalue weighted by Gasteiger charge is -2.23. The molecule has 0 fully saturated rings. The lowest BCUT2D eigenvalue weighted by Crippen LogP contribution is -2.28. The summed E-state index contributed by atoms with van der Waals surface area (Å²) >= 11 is 0. The van der Waals surface area contributed by atoms with E-state index < -0.39 is 6.10 Å². The first-order valence-electron chi connectivity index (χ1n) is 8.22. The third-order valence-corrected chi connectivity index (χ3v) is 4.30. The van der Waals surface area contributed by atoms with E-state index in [9.17, 15) is 10.2 Å². The molecule has 0 aliphatic heterocycles. The predicted octanol–water partition coefficient (Wildman–Crippen LogP) is 3.22. The van der Waals surface area contributed by atoms with Gasteiger partial charge in [-0.15, -0.1) is 0 Å². The third kappa shape index (κ3) is 5.47. The van der Waals surface area contributed by atoms with Crippen LogP contribution in [0.25, 0.3) is 0 Å². The second-order valence-corrected chi connectivity index (χ2v) is 6.13. The SMILES string of the molecule is Cc1ccc(C(O)CCN(CCO)Cc2ccccc2)cc1C. The molecule has 1 unspecified atom stereocenters. The Hall–Kier alpha value is -1.68. The van der Waals surface area contributed by atoms with Gasteiger partial charge in [-0.3, -0.25) is 4.90 Å². The highest BCUT2D eigenvalue weighted by Crippen LogP contribution is 2.20. The Morgan fingerprint density at radius 2 is 1.70 bits per heavy atom. The first-order chi connectivity index (χ1) is 11.1. The maximum Gasteiger partial charge on any atom is 0.0802 e. The summed E-state index contributed by atoms with van der Waals surface area (Å²) in [6, 6.07) is 16.3. The van der Waals surface area contributed by atoms with Gasteiger partial charge in [0.05, 0.1) is 12.7 Å². The standard InChI is InChI=1S/C20H27NO2/c1-16-8-9-19(14-17(16)2)20(23)10-11-21(12-13-22)15-18-6-4-3-5-7-18/h3-9,14,20,22-23H,10-13,15H2,1-2H3. The Morgan fingerprint density at radius 3 is 2.35 bits per heavy atom. The summed E-state index contributed by atoms with van der Waals surface area (Å²) in [5.41, 5.74) is 4.64. The molecule has 0 spiro atoms. The average Bonchev–Trinajstić information content (AvgIpc) is 2.56. The fraction of sp³-hybridized carbons (Fsp3) is 0.400. The minimum absolute atomic E-state index is 0.132. The fourth-order valence-corrected chi connectivity index (χ4v) is 2.70. The molecule has 0 heterocycles. The van der Waals surface area contributed by atoms with Gasteiger partial charge in [0.2, 0.25) is 0 Å². The molecule has 2 N–H and O–H groups in total. The van der Waals surface area contributed by atoms with Gasteiger partial charge in [0.15, 0.2) is 0 Å². The summed E-state index contributed by atoms with van der Waals surface area (Å²) in [4.78, 5) is 2.18. The number of aliphatic hydroxyl groups excluding tert-OH is 2. The van der Waals surface area contributed by atoms with Crippen LogP contribution < -0.4 is 0 Å². The zero-order chi connectivity index (χ0) is 16.7. The molecule has 0 aliphatic carbocycles. The van der Waals surface area contributed by atoms with E-state index in [-0.39, 0.29) is 6.61 Å².